The van der Waals surface area contributed by atoms with E-state index in [2.05, 4.69) is 147 Å². The predicted molar refractivity (Wildman–Crippen MR) is 244 cm³/mol. The SMILES string of the molecule is CC/C=C\C/C=C\CCC(O)CN(CCN(C)CCN(CC(O)CC/C=C\C/C=C\CC)CC(O)CC/C=C\C/C=C\CC)CC(O)CC/C=C\C/C=C\CC. The summed E-state index contributed by atoms with van der Waals surface area (Å²) in [5, 5.41) is 43.9. The lowest BCUT2D eigenvalue weighted by atomic mass is 10.1. The summed E-state index contributed by atoms with van der Waals surface area (Å²) < 4.78 is 0. The summed E-state index contributed by atoms with van der Waals surface area (Å²) in [6.45, 7) is 13.7. The Morgan fingerprint density at radius 1 is 0.339 bits per heavy atom. The fourth-order valence-corrected chi connectivity index (χ4v) is 6.18. The van der Waals surface area contributed by atoms with Gasteiger partial charge in [0, 0.05) is 52.4 Å². The lowest BCUT2D eigenvalue weighted by molar-refractivity contribution is 0.0517. The van der Waals surface area contributed by atoms with Crippen LogP contribution in [0.2, 0.25) is 0 Å². The Labute approximate surface area is 345 Å². The molecule has 0 saturated carbocycles. The molecule has 0 saturated heterocycles. The summed E-state index contributed by atoms with van der Waals surface area (Å²) in [5.74, 6) is 0. The van der Waals surface area contributed by atoms with E-state index in [-0.39, 0.29) is 0 Å². The number of rotatable bonds is 38. The van der Waals surface area contributed by atoms with Gasteiger partial charge in [0.25, 0.3) is 0 Å². The van der Waals surface area contributed by atoms with Crippen LogP contribution >= 0.6 is 0 Å². The monoisotopic (exact) mass is 782 g/mol. The molecule has 0 aliphatic heterocycles. The first-order valence-corrected chi connectivity index (χ1v) is 22.3. The lowest BCUT2D eigenvalue weighted by Gasteiger charge is -2.31. The van der Waals surface area contributed by atoms with Gasteiger partial charge in [-0.05, 0) is 110 Å². The second-order valence-electron chi connectivity index (χ2n) is 15.1. The van der Waals surface area contributed by atoms with Crippen molar-refractivity contribution in [1.29, 1.82) is 0 Å². The van der Waals surface area contributed by atoms with E-state index in [0.29, 0.717) is 51.9 Å². The molecule has 0 spiro atoms. The molecule has 4 unspecified atom stereocenters. The second-order valence-corrected chi connectivity index (χ2v) is 15.1. The van der Waals surface area contributed by atoms with Crippen LogP contribution in [0, 0.1) is 0 Å². The molecule has 0 fully saturated rings. The third kappa shape index (κ3) is 37.2. The highest BCUT2D eigenvalue weighted by atomic mass is 16.3. The van der Waals surface area contributed by atoms with Crippen LogP contribution in [0.1, 0.15) is 130 Å². The van der Waals surface area contributed by atoms with Crippen molar-refractivity contribution in [3.8, 4) is 0 Å². The van der Waals surface area contributed by atoms with Gasteiger partial charge in [0.15, 0.2) is 0 Å². The van der Waals surface area contributed by atoms with Crippen LogP contribution in [-0.2, 0) is 0 Å². The highest BCUT2D eigenvalue weighted by Crippen LogP contribution is 2.10. The zero-order valence-corrected chi connectivity index (χ0v) is 36.6. The van der Waals surface area contributed by atoms with E-state index in [9.17, 15) is 20.4 Å². The summed E-state index contributed by atoms with van der Waals surface area (Å²) in [7, 11) is 2.11. The van der Waals surface area contributed by atoms with Gasteiger partial charge in [0.05, 0.1) is 24.4 Å². The summed E-state index contributed by atoms with van der Waals surface area (Å²) in [5.41, 5.74) is 0. The van der Waals surface area contributed by atoms with E-state index in [1.165, 1.54) is 0 Å². The fourth-order valence-electron chi connectivity index (χ4n) is 6.18. The minimum atomic E-state index is -0.461. The van der Waals surface area contributed by atoms with Gasteiger partial charge in [-0.15, -0.1) is 0 Å². The number of aliphatic hydroxyl groups is 4. The molecule has 0 amide bonds. The molecule has 0 bridgehead atoms. The maximum atomic E-state index is 11.0. The molecule has 4 atom stereocenters. The van der Waals surface area contributed by atoms with E-state index >= 15 is 0 Å². The first-order valence-electron chi connectivity index (χ1n) is 22.3. The molecule has 0 radical (unpaired) electrons. The van der Waals surface area contributed by atoms with Crippen molar-refractivity contribution in [3.63, 3.8) is 0 Å². The van der Waals surface area contributed by atoms with Crippen LogP contribution in [0.3, 0.4) is 0 Å². The topological polar surface area (TPSA) is 90.6 Å². The van der Waals surface area contributed by atoms with Gasteiger partial charge < -0.3 is 25.3 Å². The average Bonchev–Trinajstić information content (AvgIpc) is 3.17. The number of hydrogen-bond donors (Lipinski definition) is 4. The Morgan fingerprint density at radius 3 is 0.804 bits per heavy atom. The van der Waals surface area contributed by atoms with Crippen molar-refractivity contribution in [2.45, 2.75) is 155 Å². The Kier molecular flexibility index (Phi) is 39.1. The van der Waals surface area contributed by atoms with Crippen molar-refractivity contribution < 1.29 is 20.4 Å². The molecular weight excluding hydrogens is 695 g/mol. The lowest BCUT2D eigenvalue weighted by Crippen LogP contribution is -2.44. The van der Waals surface area contributed by atoms with Gasteiger partial charge >= 0.3 is 0 Å². The smallest absolute Gasteiger partial charge is 0.0670 e. The van der Waals surface area contributed by atoms with Crippen LogP contribution in [0.25, 0.3) is 0 Å². The number of allylic oxidation sites excluding steroid dienone is 16. The molecule has 56 heavy (non-hydrogen) atoms. The normalized spacial score (nSPS) is 15.5. The zero-order chi connectivity index (χ0) is 41.3. The van der Waals surface area contributed by atoms with E-state index in [0.717, 1.165) is 103 Å². The van der Waals surface area contributed by atoms with Gasteiger partial charge in [0.1, 0.15) is 0 Å². The molecule has 0 aromatic heterocycles. The molecule has 0 aliphatic rings. The van der Waals surface area contributed by atoms with Crippen molar-refractivity contribution in [1.82, 2.24) is 14.7 Å². The van der Waals surface area contributed by atoms with Crippen LogP contribution in [0.15, 0.2) is 97.2 Å². The van der Waals surface area contributed by atoms with Crippen molar-refractivity contribution in [2.75, 3.05) is 59.4 Å². The molecule has 0 aliphatic carbocycles. The minimum absolute atomic E-state index is 0.461. The number of aliphatic hydroxyl groups excluding tert-OH is 4. The third-order valence-electron chi connectivity index (χ3n) is 9.50. The zero-order valence-electron chi connectivity index (χ0n) is 36.6. The van der Waals surface area contributed by atoms with Crippen LogP contribution in [0.5, 0.6) is 0 Å². The summed E-state index contributed by atoms with van der Waals surface area (Å²) in [6, 6.07) is 0. The first-order chi connectivity index (χ1) is 27.2. The number of likely N-dealkylation sites (N-methyl/N-ethyl adjacent to an activating group) is 1. The van der Waals surface area contributed by atoms with E-state index in [4.69, 9.17) is 0 Å². The molecule has 7 heteroatoms. The minimum Gasteiger partial charge on any atom is -0.392 e. The molecule has 0 rings (SSSR count). The van der Waals surface area contributed by atoms with Crippen LogP contribution in [-0.4, -0.2) is 119 Å². The van der Waals surface area contributed by atoms with Crippen LogP contribution in [0.4, 0.5) is 0 Å². The molecule has 322 valence electrons. The van der Waals surface area contributed by atoms with Gasteiger partial charge in [-0.3, -0.25) is 9.80 Å². The molecule has 0 heterocycles. The summed E-state index contributed by atoms with van der Waals surface area (Å²) in [4.78, 5) is 6.72. The predicted octanol–water partition coefficient (Wildman–Crippen LogP) is 9.74. The van der Waals surface area contributed by atoms with Crippen molar-refractivity contribution in [3.05, 3.63) is 97.2 Å². The maximum absolute atomic E-state index is 11.0. The Morgan fingerprint density at radius 2 is 0.571 bits per heavy atom. The maximum Gasteiger partial charge on any atom is 0.0670 e. The standard InChI is InChI=1S/C49H87N3O4/c1-6-10-14-18-22-26-30-34-46(53)42-51(43-47(54)35-31-27-23-19-15-11-7-2)40-38-50(5)39-41-52(44-48(55)36-32-28-24-20-16-12-8-3)45-49(56)37-33-29-25-21-17-13-9-4/h10-17,22-29,46-49,53-56H,6-9,18-21,30-45H2,1-5H3/b14-10-,15-11-,16-12-,17-13-,26-22-,27-23-,28-24-,29-25-. The number of hydrogen-bond acceptors (Lipinski definition) is 7. The third-order valence-corrected chi connectivity index (χ3v) is 9.50. The molecular formula is C49H87N3O4. The quantitative estimate of drug-likeness (QED) is 0.0464. The first kappa shape index (κ1) is 53.6. The number of nitrogens with zero attached hydrogens (tertiary/aromatic N) is 3. The van der Waals surface area contributed by atoms with E-state index < -0.39 is 24.4 Å². The highest BCUT2D eigenvalue weighted by Gasteiger charge is 2.18. The Hall–Kier alpha value is -2.36. The summed E-state index contributed by atoms with van der Waals surface area (Å²) >= 11 is 0. The van der Waals surface area contributed by atoms with Crippen molar-refractivity contribution in [2.24, 2.45) is 0 Å². The van der Waals surface area contributed by atoms with Crippen molar-refractivity contribution >= 4 is 0 Å². The molecule has 7 nitrogen and oxygen atoms in total. The molecule has 4 N–H and O–H groups in total. The second kappa shape index (κ2) is 40.8. The Bertz CT molecular complexity index is 935. The molecule has 0 aromatic rings. The van der Waals surface area contributed by atoms with Gasteiger partial charge in [-0.2, -0.15) is 0 Å². The largest absolute Gasteiger partial charge is 0.392 e. The highest BCUT2D eigenvalue weighted by molar-refractivity contribution is 4.95. The molecule has 0 aromatic carbocycles. The van der Waals surface area contributed by atoms with Crippen LogP contribution < -0.4 is 0 Å². The fraction of sp³-hybridized carbons (Fsp3) is 0.673. The van der Waals surface area contributed by atoms with Gasteiger partial charge in [-0.1, -0.05) is 125 Å². The Balaban J connectivity index is 5.34. The van der Waals surface area contributed by atoms with Gasteiger partial charge in [-0.25, -0.2) is 0 Å². The van der Waals surface area contributed by atoms with E-state index in [1.54, 1.807) is 0 Å². The summed E-state index contributed by atoms with van der Waals surface area (Å²) in [6.07, 6.45) is 46.8. The average molecular weight is 782 g/mol. The van der Waals surface area contributed by atoms with E-state index in [1.807, 2.05) is 0 Å². The van der Waals surface area contributed by atoms with Gasteiger partial charge in [0.2, 0.25) is 0 Å².